The average molecular weight is 374 g/mol. The van der Waals surface area contributed by atoms with E-state index in [-0.39, 0.29) is 0 Å². The van der Waals surface area contributed by atoms with Crippen LogP contribution in [0.25, 0.3) is 5.65 Å². The van der Waals surface area contributed by atoms with Crippen molar-refractivity contribution in [1.29, 1.82) is 0 Å². The fraction of sp³-hybridized carbons (Fsp3) is 0.350. The number of halogens is 3. The summed E-state index contributed by atoms with van der Waals surface area (Å²) >= 11 is 0. The maximum Gasteiger partial charge on any atom is 0.434 e. The lowest BCUT2D eigenvalue weighted by atomic mass is 10.1. The van der Waals surface area contributed by atoms with Gasteiger partial charge in [0.2, 0.25) is 0 Å². The zero-order chi connectivity index (χ0) is 19.0. The Bertz CT molecular complexity index is 923. The Labute approximate surface area is 155 Å². The first-order valence-corrected chi connectivity index (χ1v) is 8.97. The number of alkyl halides is 3. The molecule has 0 atom stereocenters. The number of rotatable bonds is 3. The molecule has 7 heteroatoms. The van der Waals surface area contributed by atoms with E-state index in [2.05, 4.69) is 46.0 Å². The number of benzene rings is 1. The normalized spacial score (nSPS) is 16.2. The fourth-order valence-electron chi connectivity index (χ4n) is 3.42. The Morgan fingerprint density at radius 1 is 0.926 bits per heavy atom. The van der Waals surface area contributed by atoms with Crippen LogP contribution in [0.4, 0.5) is 18.9 Å². The molecule has 0 bridgehead atoms. The lowest BCUT2D eigenvalue weighted by Gasteiger charge is -2.36. The van der Waals surface area contributed by atoms with Crippen molar-refractivity contribution in [3.8, 4) is 0 Å². The Hall–Kier alpha value is -2.54. The molecule has 0 unspecified atom stereocenters. The first-order valence-electron chi connectivity index (χ1n) is 8.97. The number of aromatic nitrogens is 2. The van der Waals surface area contributed by atoms with Gasteiger partial charge in [-0.15, -0.1) is 0 Å². The number of imidazole rings is 1. The number of hydrogen-bond acceptors (Lipinski definition) is 3. The summed E-state index contributed by atoms with van der Waals surface area (Å²) in [5.74, 6) is 0. The molecule has 3 aromatic rings. The van der Waals surface area contributed by atoms with Crippen molar-refractivity contribution in [2.24, 2.45) is 0 Å². The minimum atomic E-state index is -4.42. The molecule has 0 saturated carbocycles. The van der Waals surface area contributed by atoms with Gasteiger partial charge in [-0.3, -0.25) is 4.90 Å². The van der Waals surface area contributed by atoms with Crippen LogP contribution in [0.15, 0.2) is 48.8 Å². The van der Waals surface area contributed by atoms with E-state index in [4.69, 9.17) is 0 Å². The molecule has 0 amide bonds. The molecule has 4 rings (SSSR count). The van der Waals surface area contributed by atoms with Gasteiger partial charge < -0.3 is 9.30 Å². The van der Waals surface area contributed by atoms with Gasteiger partial charge in [0, 0.05) is 45.1 Å². The lowest BCUT2D eigenvalue weighted by molar-refractivity contribution is -0.140. The predicted molar refractivity (Wildman–Crippen MR) is 98.9 cm³/mol. The van der Waals surface area contributed by atoms with E-state index < -0.39 is 11.9 Å². The molecule has 2 aromatic heterocycles. The second-order valence-electron chi connectivity index (χ2n) is 7.03. The third-order valence-electron chi connectivity index (χ3n) is 4.99. The van der Waals surface area contributed by atoms with E-state index >= 15 is 0 Å². The number of piperazine rings is 1. The zero-order valence-electron chi connectivity index (χ0n) is 15.1. The van der Waals surface area contributed by atoms with Gasteiger partial charge in [-0.05, 0) is 24.6 Å². The van der Waals surface area contributed by atoms with Crippen molar-refractivity contribution >= 4 is 11.3 Å². The summed E-state index contributed by atoms with van der Waals surface area (Å²) in [5, 5.41) is 0. The van der Waals surface area contributed by atoms with Crippen LogP contribution in [0.5, 0.6) is 0 Å². The number of anilines is 1. The van der Waals surface area contributed by atoms with Gasteiger partial charge in [-0.2, -0.15) is 13.2 Å². The molecule has 0 radical (unpaired) electrons. The van der Waals surface area contributed by atoms with Crippen LogP contribution < -0.4 is 4.90 Å². The third kappa shape index (κ3) is 3.93. The van der Waals surface area contributed by atoms with Gasteiger partial charge in [-0.25, -0.2) is 4.98 Å². The summed E-state index contributed by atoms with van der Waals surface area (Å²) in [7, 11) is 0. The van der Waals surface area contributed by atoms with Gasteiger partial charge >= 0.3 is 6.18 Å². The van der Waals surface area contributed by atoms with Crippen molar-refractivity contribution in [2.75, 3.05) is 31.1 Å². The van der Waals surface area contributed by atoms with Crippen molar-refractivity contribution in [1.82, 2.24) is 14.3 Å². The molecular formula is C20H21F3N4. The maximum absolute atomic E-state index is 12.8. The largest absolute Gasteiger partial charge is 0.434 e. The molecule has 1 saturated heterocycles. The van der Waals surface area contributed by atoms with Crippen LogP contribution in [0.3, 0.4) is 0 Å². The molecule has 4 nitrogen and oxygen atoms in total. The highest BCUT2D eigenvalue weighted by molar-refractivity contribution is 5.53. The number of hydrogen-bond donors (Lipinski definition) is 0. The smallest absolute Gasteiger partial charge is 0.368 e. The van der Waals surface area contributed by atoms with E-state index in [9.17, 15) is 13.2 Å². The van der Waals surface area contributed by atoms with Gasteiger partial charge in [0.25, 0.3) is 0 Å². The molecule has 0 spiro atoms. The zero-order valence-corrected chi connectivity index (χ0v) is 15.1. The van der Waals surface area contributed by atoms with Crippen LogP contribution in [0, 0.1) is 6.92 Å². The van der Waals surface area contributed by atoms with Gasteiger partial charge in [-0.1, -0.05) is 29.8 Å². The summed E-state index contributed by atoms with van der Waals surface area (Å²) in [5.41, 5.74) is 2.93. The van der Waals surface area contributed by atoms with Gasteiger partial charge in [0.15, 0.2) is 5.69 Å². The standard InChI is InChI=1S/C20H21F3N4/c1-15-2-4-16(5-3-15)12-25-8-10-26(11-9-25)17-6-7-19-24-18(20(21,22)23)14-27(19)13-17/h2-7,13-14H,8-12H2,1H3. The average Bonchev–Trinajstić information content (AvgIpc) is 3.08. The number of fused-ring (bicyclic) bond motifs is 1. The minimum Gasteiger partial charge on any atom is -0.368 e. The lowest BCUT2D eigenvalue weighted by Crippen LogP contribution is -2.46. The molecule has 3 heterocycles. The van der Waals surface area contributed by atoms with Crippen LogP contribution >= 0.6 is 0 Å². The van der Waals surface area contributed by atoms with E-state index in [1.54, 1.807) is 12.3 Å². The Morgan fingerprint density at radius 3 is 2.30 bits per heavy atom. The monoisotopic (exact) mass is 374 g/mol. The maximum atomic E-state index is 12.8. The topological polar surface area (TPSA) is 23.8 Å². The highest BCUT2D eigenvalue weighted by Gasteiger charge is 2.34. The molecule has 1 aliphatic rings. The molecule has 142 valence electrons. The molecule has 27 heavy (non-hydrogen) atoms. The summed E-state index contributed by atoms with van der Waals surface area (Å²) in [4.78, 5) is 8.25. The number of aryl methyl sites for hydroxylation is 1. The number of pyridine rings is 1. The summed E-state index contributed by atoms with van der Waals surface area (Å²) in [6.07, 6.45) is -1.65. The predicted octanol–water partition coefficient (Wildman–Crippen LogP) is 3.98. The van der Waals surface area contributed by atoms with Gasteiger partial charge in [0.1, 0.15) is 5.65 Å². The Balaban J connectivity index is 1.42. The summed E-state index contributed by atoms with van der Waals surface area (Å²) in [6.45, 7) is 6.53. The summed E-state index contributed by atoms with van der Waals surface area (Å²) in [6, 6.07) is 12.1. The first kappa shape index (κ1) is 17.9. The van der Waals surface area contributed by atoms with Crippen molar-refractivity contribution in [3.05, 3.63) is 65.6 Å². The summed E-state index contributed by atoms with van der Waals surface area (Å²) < 4.78 is 40.0. The Morgan fingerprint density at radius 2 is 1.63 bits per heavy atom. The van der Waals surface area contributed by atoms with Crippen molar-refractivity contribution in [3.63, 3.8) is 0 Å². The third-order valence-corrected chi connectivity index (χ3v) is 4.99. The second-order valence-corrected chi connectivity index (χ2v) is 7.03. The van der Waals surface area contributed by atoms with E-state index in [0.29, 0.717) is 5.65 Å². The first-order chi connectivity index (χ1) is 12.9. The molecule has 1 aromatic carbocycles. The minimum absolute atomic E-state index is 0.309. The van der Waals surface area contributed by atoms with Crippen molar-refractivity contribution in [2.45, 2.75) is 19.6 Å². The number of nitrogens with zero attached hydrogens (tertiary/aromatic N) is 4. The van der Waals surface area contributed by atoms with Crippen molar-refractivity contribution < 1.29 is 13.2 Å². The van der Waals surface area contributed by atoms with Crippen LogP contribution in [0.1, 0.15) is 16.8 Å². The van der Waals surface area contributed by atoms with Gasteiger partial charge in [0.05, 0.1) is 5.69 Å². The highest BCUT2D eigenvalue weighted by atomic mass is 19.4. The quantitative estimate of drug-likeness (QED) is 0.693. The Kier molecular flexibility index (Phi) is 4.55. The van der Waals surface area contributed by atoms with E-state index in [0.717, 1.165) is 44.6 Å². The molecule has 0 aliphatic carbocycles. The SMILES string of the molecule is Cc1ccc(CN2CCN(c3ccc4nc(C(F)(F)F)cn4c3)CC2)cc1. The molecule has 0 N–H and O–H groups in total. The van der Waals surface area contributed by atoms with E-state index in [1.165, 1.54) is 15.5 Å². The molecule has 1 fully saturated rings. The second kappa shape index (κ2) is 6.88. The van der Waals surface area contributed by atoms with E-state index in [1.807, 2.05) is 6.07 Å². The highest BCUT2D eigenvalue weighted by Crippen LogP contribution is 2.29. The fourth-order valence-corrected chi connectivity index (χ4v) is 3.42. The van der Waals surface area contributed by atoms with Crippen LogP contribution in [0.2, 0.25) is 0 Å². The van der Waals surface area contributed by atoms with Crippen LogP contribution in [-0.4, -0.2) is 40.5 Å². The van der Waals surface area contributed by atoms with Crippen LogP contribution in [-0.2, 0) is 12.7 Å². The molecule has 1 aliphatic heterocycles. The molecular weight excluding hydrogens is 353 g/mol.